The summed E-state index contributed by atoms with van der Waals surface area (Å²) in [6.45, 7) is 0. The lowest BCUT2D eigenvalue weighted by atomic mass is 10.2. The van der Waals surface area contributed by atoms with Crippen molar-refractivity contribution in [3.8, 4) is 0 Å². The zero-order valence-electron chi connectivity index (χ0n) is 7.43. The summed E-state index contributed by atoms with van der Waals surface area (Å²) in [4.78, 5) is 14.6. The van der Waals surface area contributed by atoms with Crippen molar-refractivity contribution in [1.82, 2.24) is 4.98 Å². The fourth-order valence-electron chi connectivity index (χ4n) is 0.849. The SMILES string of the molecule is COC(=O)C/C=C/c1cccnc1. The van der Waals surface area contributed by atoms with Crippen LogP contribution < -0.4 is 0 Å². The molecule has 3 heteroatoms. The van der Waals surface area contributed by atoms with Gasteiger partial charge in [0.15, 0.2) is 0 Å². The molecule has 1 heterocycles. The van der Waals surface area contributed by atoms with Gasteiger partial charge in [-0.1, -0.05) is 18.2 Å². The molecule has 0 spiro atoms. The van der Waals surface area contributed by atoms with Crippen molar-refractivity contribution in [2.24, 2.45) is 0 Å². The molecule has 0 aliphatic carbocycles. The average molecular weight is 177 g/mol. The molecule has 0 aromatic carbocycles. The zero-order chi connectivity index (χ0) is 9.52. The van der Waals surface area contributed by atoms with Crippen LogP contribution in [0.5, 0.6) is 0 Å². The van der Waals surface area contributed by atoms with Gasteiger partial charge in [-0.25, -0.2) is 0 Å². The van der Waals surface area contributed by atoms with E-state index in [0.29, 0.717) is 6.42 Å². The Bertz CT molecular complexity index is 293. The molecule has 0 N–H and O–H groups in total. The van der Waals surface area contributed by atoms with Gasteiger partial charge in [-0.3, -0.25) is 9.78 Å². The van der Waals surface area contributed by atoms with Crippen molar-refractivity contribution in [2.75, 3.05) is 7.11 Å². The van der Waals surface area contributed by atoms with Crippen molar-refractivity contribution in [1.29, 1.82) is 0 Å². The van der Waals surface area contributed by atoms with E-state index >= 15 is 0 Å². The molecule has 0 fully saturated rings. The summed E-state index contributed by atoms with van der Waals surface area (Å²) in [6.07, 6.45) is 7.32. The van der Waals surface area contributed by atoms with Crippen molar-refractivity contribution in [3.63, 3.8) is 0 Å². The molecular formula is C10H11NO2. The van der Waals surface area contributed by atoms with Gasteiger partial charge in [-0.2, -0.15) is 0 Å². The number of aromatic nitrogens is 1. The van der Waals surface area contributed by atoms with Crippen molar-refractivity contribution in [2.45, 2.75) is 6.42 Å². The Labute approximate surface area is 77.1 Å². The first-order valence-electron chi connectivity index (χ1n) is 3.96. The van der Waals surface area contributed by atoms with E-state index in [9.17, 15) is 4.79 Å². The van der Waals surface area contributed by atoms with Gasteiger partial charge in [-0.15, -0.1) is 0 Å². The summed E-state index contributed by atoms with van der Waals surface area (Å²) in [6, 6.07) is 3.76. The summed E-state index contributed by atoms with van der Waals surface area (Å²) in [5.74, 6) is -0.236. The van der Waals surface area contributed by atoms with Gasteiger partial charge < -0.3 is 4.74 Å². The first-order valence-corrected chi connectivity index (χ1v) is 3.96. The highest BCUT2D eigenvalue weighted by Crippen LogP contribution is 1.99. The number of carbonyl (C=O) groups excluding carboxylic acids is 1. The minimum absolute atomic E-state index is 0.236. The van der Waals surface area contributed by atoms with Gasteiger partial charge in [0, 0.05) is 12.4 Å². The summed E-state index contributed by atoms with van der Waals surface area (Å²) in [5.41, 5.74) is 0.978. The Hall–Kier alpha value is -1.64. The number of ether oxygens (including phenoxy) is 1. The third-order valence-corrected chi connectivity index (χ3v) is 1.51. The minimum atomic E-state index is -0.236. The Morgan fingerprint density at radius 2 is 2.54 bits per heavy atom. The predicted octanol–water partition coefficient (Wildman–Crippen LogP) is 1.66. The third kappa shape index (κ3) is 3.51. The maximum atomic E-state index is 10.7. The van der Waals surface area contributed by atoms with Crippen LogP contribution in [-0.2, 0) is 9.53 Å². The number of esters is 1. The van der Waals surface area contributed by atoms with Crippen LogP contribution in [0.1, 0.15) is 12.0 Å². The van der Waals surface area contributed by atoms with Crippen LogP contribution in [0.2, 0.25) is 0 Å². The predicted molar refractivity (Wildman–Crippen MR) is 49.9 cm³/mol. The molecule has 0 amide bonds. The number of hydrogen-bond acceptors (Lipinski definition) is 3. The molecule has 0 unspecified atom stereocenters. The van der Waals surface area contributed by atoms with Gasteiger partial charge in [0.05, 0.1) is 13.5 Å². The molecule has 13 heavy (non-hydrogen) atoms. The number of methoxy groups -OCH3 is 1. The first kappa shape index (κ1) is 9.45. The van der Waals surface area contributed by atoms with E-state index in [1.807, 2.05) is 18.2 Å². The Kier molecular flexibility index (Phi) is 3.70. The second-order valence-corrected chi connectivity index (χ2v) is 2.47. The van der Waals surface area contributed by atoms with Crippen LogP contribution in [0, 0.1) is 0 Å². The average Bonchev–Trinajstić information content (AvgIpc) is 2.19. The Morgan fingerprint density at radius 1 is 1.69 bits per heavy atom. The lowest BCUT2D eigenvalue weighted by Gasteiger charge is -1.92. The van der Waals surface area contributed by atoms with Gasteiger partial charge in [0.25, 0.3) is 0 Å². The second kappa shape index (κ2) is 5.09. The fourth-order valence-corrected chi connectivity index (χ4v) is 0.849. The summed E-state index contributed by atoms with van der Waals surface area (Å²) in [5, 5.41) is 0. The van der Waals surface area contributed by atoms with Gasteiger partial charge in [0.2, 0.25) is 0 Å². The van der Waals surface area contributed by atoms with E-state index in [0.717, 1.165) is 5.56 Å². The molecule has 0 aliphatic rings. The van der Waals surface area contributed by atoms with Crippen LogP contribution in [0.25, 0.3) is 6.08 Å². The highest BCUT2D eigenvalue weighted by atomic mass is 16.5. The fraction of sp³-hybridized carbons (Fsp3) is 0.200. The second-order valence-electron chi connectivity index (χ2n) is 2.47. The zero-order valence-corrected chi connectivity index (χ0v) is 7.43. The van der Waals surface area contributed by atoms with Gasteiger partial charge in [0.1, 0.15) is 0 Å². The van der Waals surface area contributed by atoms with Crippen LogP contribution in [0.3, 0.4) is 0 Å². The number of rotatable bonds is 3. The molecule has 68 valence electrons. The van der Waals surface area contributed by atoms with Crippen LogP contribution in [-0.4, -0.2) is 18.1 Å². The summed E-state index contributed by atoms with van der Waals surface area (Å²) >= 11 is 0. The summed E-state index contributed by atoms with van der Waals surface area (Å²) in [7, 11) is 1.38. The Morgan fingerprint density at radius 3 is 3.15 bits per heavy atom. The number of carbonyl (C=O) groups is 1. The molecule has 3 nitrogen and oxygen atoms in total. The molecule has 1 rings (SSSR count). The van der Waals surface area contributed by atoms with E-state index in [2.05, 4.69) is 9.72 Å². The van der Waals surface area contributed by atoms with E-state index in [-0.39, 0.29) is 5.97 Å². The lowest BCUT2D eigenvalue weighted by molar-refractivity contribution is -0.139. The quantitative estimate of drug-likeness (QED) is 0.659. The normalized spacial score (nSPS) is 10.2. The molecule has 0 aliphatic heterocycles. The van der Waals surface area contributed by atoms with E-state index < -0.39 is 0 Å². The maximum Gasteiger partial charge on any atom is 0.309 e. The lowest BCUT2D eigenvalue weighted by Crippen LogP contribution is -1.96. The molecule has 0 radical (unpaired) electrons. The molecule has 0 bridgehead atoms. The molecule has 1 aromatic rings. The van der Waals surface area contributed by atoms with Crippen LogP contribution >= 0.6 is 0 Å². The smallest absolute Gasteiger partial charge is 0.309 e. The molecule has 0 atom stereocenters. The highest BCUT2D eigenvalue weighted by Gasteiger charge is 1.93. The van der Waals surface area contributed by atoms with Crippen molar-refractivity contribution in [3.05, 3.63) is 36.2 Å². The highest BCUT2D eigenvalue weighted by molar-refractivity contribution is 5.72. The molecule has 0 saturated heterocycles. The minimum Gasteiger partial charge on any atom is -0.469 e. The monoisotopic (exact) mass is 177 g/mol. The number of pyridine rings is 1. The van der Waals surface area contributed by atoms with Crippen molar-refractivity contribution < 1.29 is 9.53 Å². The van der Waals surface area contributed by atoms with E-state index in [4.69, 9.17) is 0 Å². The summed E-state index contributed by atoms with van der Waals surface area (Å²) < 4.78 is 4.48. The molecular weight excluding hydrogens is 166 g/mol. The third-order valence-electron chi connectivity index (χ3n) is 1.51. The van der Waals surface area contributed by atoms with Gasteiger partial charge >= 0.3 is 5.97 Å². The van der Waals surface area contributed by atoms with E-state index in [1.54, 1.807) is 18.5 Å². The largest absolute Gasteiger partial charge is 0.469 e. The number of nitrogens with zero attached hydrogens (tertiary/aromatic N) is 1. The molecule has 1 aromatic heterocycles. The molecule has 0 saturated carbocycles. The van der Waals surface area contributed by atoms with Crippen LogP contribution in [0.15, 0.2) is 30.6 Å². The Balaban J connectivity index is 2.45. The van der Waals surface area contributed by atoms with Gasteiger partial charge in [-0.05, 0) is 11.6 Å². The van der Waals surface area contributed by atoms with E-state index in [1.165, 1.54) is 7.11 Å². The number of hydrogen-bond donors (Lipinski definition) is 0. The first-order chi connectivity index (χ1) is 6.33. The standard InChI is InChI=1S/C10H11NO2/c1-13-10(12)6-2-4-9-5-3-7-11-8-9/h2-5,7-8H,6H2,1H3/b4-2+. The maximum absolute atomic E-state index is 10.7. The van der Waals surface area contributed by atoms with Crippen molar-refractivity contribution >= 4 is 12.0 Å². The van der Waals surface area contributed by atoms with Crippen LogP contribution in [0.4, 0.5) is 0 Å². The topological polar surface area (TPSA) is 39.2 Å².